The van der Waals surface area contributed by atoms with Gasteiger partial charge in [0.2, 0.25) is 5.75 Å². The van der Waals surface area contributed by atoms with Gasteiger partial charge in [0.1, 0.15) is 5.56 Å². The zero-order valence-electron chi connectivity index (χ0n) is 11.5. The van der Waals surface area contributed by atoms with Crippen LogP contribution < -0.4 is 4.74 Å². The Hall–Kier alpha value is -3.22. The highest BCUT2D eigenvalue weighted by Crippen LogP contribution is 2.36. The van der Waals surface area contributed by atoms with Crippen molar-refractivity contribution >= 4 is 17.6 Å². The highest BCUT2D eigenvalue weighted by atomic mass is 16.6. The van der Waals surface area contributed by atoms with Gasteiger partial charge in [-0.3, -0.25) is 14.9 Å². The predicted molar refractivity (Wildman–Crippen MR) is 76.8 cm³/mol. The second kappa shape index (κ2) is 6.04. The molecule has 0 spiro atoms. The fourth-order valence-electron chi connectivity index (χ4n) is 1.96. The van der Waals surface area contributed by atoms with Crippen LogP contribution in [0.5, 0.6) is 5.75 Å². The number of hydrogen-bond donors (Lipinski definition) is 1. The Morgan fingerprint density at radius 2 is 1.77 bits per heavy atom. The largest absolute Gasteiger partial charge is 0.478 e. The number of nitro benzene ring substituents is 1. The third kappa shape index (κ3) is 3.09. The van der Waals surface area contributed by atoms with Crippen LogP contribution in [0.25, 0.3) is 11.1 Å². The molecule has 2 aromatic carbocycles. The van der Waals surface area contributed by atoms with E-state index in [0.717, 1.165) is 6.92 Å². The zero-order valence-corrected chi connectivity index (χ0v) is 11.5. The molecule has 112 valence electrons. The highest BCUT2D eigenvalue weighted by Gasteiger charge is 2.26. The van der Waals surface area contributed by atoms with Crippen molar-refractivity contribution in [1.82, 2.24) is 0 Å². The highest BCUT2D eigenvalue weighted by molar-refractivity contribution is 5.96. The zero-order chi connectivity index (χ0) is 16.3. The average Bonchev–Trinajstić information content (AvgIpc) is 2.47. The molecular weight excluding hydrogens is 290 g/mol. The minimum Gasteiger partial charge on any atom is -0.478 e. The molecular formula is C15H11NO6. The number of benzene rings is 2. The van der Waals surface area contributed by atoms with Gasteiger partial charge < -0.3 is 9.84 Å². The summed E-state index contributed by atoms with van der Waals surface area (Å²) in [5.41, 5.74) is -0.0553. The number of ether oxygens (including phenoxy) is 1. The first-order valence-electron chi connectivity index (χ1n) is 6.19. The maximum absolute atomic E-state index is 11.3. The third-order valence-electron chi connectivity index (χ3n) is 2.85. The molecule has 0 aliphatic heterocycles. The number of carboxylic acids is 1. The lowest BCUT2D eigenvalue weighted by Gasteiger charge is -2.09. The molecule has 0 amide bonds. The SMILES string of the molecule is CC(=O)Oc1c(C(=O)O)cc(-c2ccccc2)cc1[N+](=O)[O-]. The maximum Gasteiger partial charge on any atom is 0.339 e. The van der Waals surface area contributed by atoms with E-state index in [4.69, 9.17) is 4.74 Å². The normalized spacial score (nSPS) is 10.0. The van der Waals surface area contributed by atoms with Gasteiger partial charge in [-0.15, -0.1) is 0 Å². The summed E-state index contributed by atoms with van der Waals surface area (Å²) >= 11 is 0. The van der Waals surface area contributed by atoms with Crippen LogP contribution in [0.4, 0.5) is 5.69 Å². The molecule has 0 heterocycles. The molecule has 0 saturated heterocycles. The van der Waals surface area contributed by atoms with Gasteiger partial charge in [0.25, 0.3) is 0 Å². The van der Waals surface area contributed by atoms with Gasteiger partial charge in [-0.2, -0.15) is 0 Å². The van der Waals surface area contributed by atoms with E-state index in [1.165, 1.54) is 12.1 Å². The van der Waals surface area contributed by atoms with Crippen LogP contribution in [0.2, 0.25) is 0 Å². The van der Waals surface area contributed by atoms with E-state index in [1.807, 2.05) is 0 Å². The van der Waals surface area contributed by atoms with Crippen molar-refractivity contribution in [2.24, 2.45) is 0 Å². The minimum atomic E-state index is -1.42. The second-order valence-corrected chi connectivity index (χ2v) is 4.39. The van der Waals surface area contributed by atoms with Gasteiger partial charge in [-0.05, 0) is 17.2 Å². The Morgan fingerprint density at radius 3 is 2.27 bits per heavy atom. The standard InChI is InChI=1S/C15H11NO6/c1-9(17)22-14-12(15(18)19)7-11(8-13(14)16(20)21)10-5-3-2-4-6-10/h2-8H,1H3,(H,18,19). The molecule has 22 heavy (non-hydrogen) atoms. The van der Waals surface area contributed by atoms with E-state index in [0.29, 0.717) is 11.1 Å². The van der Waals surface area contributed by atoms with E-state index >= 15 is 0 Å². The van der Waals surface area contributed by atoms with Crippen LogP contribution in [0.3, 0.4) is 0 Å². The van der Waals surface area contributed by atoms with E-state index in [9.17, 15) is 24.8 Å². The van der Waals surface area contributed by atoms with Crippen LogP contribution in [0, 0.1) is 10.1 Å². The molecule has 0 aliphatic carbocycles. The van der Waals surface area contributed by atoms with Crippen LogP contribution in [0.1, 0.15) is 17.3 Å². The van der Waals surface area contributed by atoms with Crippen molar-refractivity contribution in [3.05, 3.63) is 58.1 Å². The predicted octanol–water partition coefficient (Wildman–Crippen LogP) is 2.89. The summed E-state index contributed by atoms with van der Waals surface area (Å²) in [6.45, 7) is 1.04. The van der Waals surface area contributed by atoms with Crippen LogP contribution in [-0.2, 0) is 4.79 Å². The molecule has 0 radical (unpaired) electrons. The van der Waals surface area contributed by atoms with Crippen molar-refractivity contribution in [3.63, 3.8) is 0 Å². The molecule has 0 aromatic heterocycles. The Kier molecular flexibility index (Phi) is 4.17. The van der Waals surface area contributed by atoms with Gasteiger partial charge in [-0.25, -0.2) is 4.79 Å². The summed E-state index contributed by atoms with van der Waals surface area (Å²) in [7, 11) is 0. The summed E-state index contributed by atoms with van der Waals surface area (Å²) in [5.74, 6) is -2.82. The first-order valence-corrected chi connectivity index (χ1v) is 6.19. The van der Waals surface area contributed by atoms with Crippen molar-refractivity contribution in [2.45, 2.75) is 6.92 Å². The van der Waals surface area contributed by atoms with Crippen molar-refractivity contribution in [2.75, 3.05) is 0 Å². The van der Waals surface area contributed by atoms with Crippen molar-refractivity contribution < 1.29 is 24.4 Å². The molecule has 0 fully saturated rings. The lowest BCUT2D eigenvalue weighted by Crippen LogP contribution is -2.10. The number of nitrogens with zero attached hydrogens (tertiary/aromatic N) is 1. The van der Waals surface area contributed by atoms with Crippen molar-refractivity contribution in [3.8, 4) is 16.9 Å². The maximum atomic E-state index is 11.3. The number of carbonyl (C=O) groups is 2. The Morgan fingerprint density at radius 1 is 1.14 bits per heavy atom. The van der Waals surface area contributed by atoms with Gasteiger partial charge >= 0.3 is 17.6 Å². The Labute approximate surface area is 124 Å². The van der Waals surface area contributed by atoms with Gasteiger partial charge in [0, 0.05) is 13.0 Å². The smallest absolute Gasteiger partial charge is 0.339 e. The summed E-state index contributed by atoms with van der Waals surface area (Å²) in [6, 6.07) is 11.0. The number of rotatable bonds is 4. The van der Waals surface area contributed by atoms with Gasteiger partial charge in [-0.1, -0.05) is 30.3 Å². The molecule has 2 rings (SSSR count). The molecule has 7 heteroatoms. The fourth-order valence-corrected chi connectivity index (χ4v) is 1.96. The third-order valence-corrected chi connectivity index (χ3v) is 2.85. The Bertz CT molecular complexity index is 719. The van der Waals surface area contributed by atoms with E-state index in [2.05, 4.69) is 0 Å². The molecule has 0 atom stereocenters. The first kappa shape index (κ1) is 15.2. The van der Waals surface area contributed by atoms with Crippen LogP contribution >= 0.6 is 0 Å². The van der Waals surface area contributed by atoms with Crippen molar-refractivity contribution in [1.29, 1.82) is 0 Å². The van der Waals surface area contributed by atoms with Gasteiger partial charge in [0.15, 0.2) is 0 Å². The molecule has 0 unspecified atom stereocenters. The molecule has 1 N–H and O–H groups in total. The summed E-state index contributed by atoms with van der Waals surface area (Å²) < 4.78 is 4.73. The molecule has 0 aliphatic rings. The summed E-state index contributed by atoms with van der Waals surface area (Å²) in [4.78, 5) is 32.8. The van der Waals surface area contributed by atoms with E-state index in [-0.39, 0.29) is 0 Å². The van der Waals surface area contributed by atoms with Crippen LogP contribution in [0.15, 0.2) is 42.5 Å². The molecule has 2 aromatic rings. The summed E-state index contributed by atoms with van der Waals surface area (Å²) in [6.07, 6.45) is 0. The lowest BCUT2D eigenvalue weighted by molar-refractivity contribution is -0.385. The van der Waals surface area contributed by atoms with E-state index in [1.54, 1.807) is 30.3 Å². The number of carboxylic acid groups (broad SMARTS) is 1. The van der Waals surface area contributed by atoms with E-state index < -0.39 is 33.9 Å². The average molecular weight is 301 g/mol. The molecule has 0 saturated carbocycles. The quantitative estimate of drug-likeness (QED) is 0.402. The van der Waals surface area contributed by atoms with Gasteiger partial charge in [0.05, 0.1) is 4.92 Å². The lowest BCUT2D eigenvalue weighted by atomic mass is 10.0. The number of esters is 1. The minimum absolute atomic E-state index is 0.348. The summed E-state index contributed by atoms with van der Waals surface area (Å²) in [5, 5.41) is 20.4. The fraction of sp³-hybridized carbons (Fsp3) is 0.0667. The number of carbonyl (C=O) groups excluding carboxylic acids is 1. The van der Waals surface area contributed by atoms with Crippen LogP contribution in [-0.4, -0.2) is 22.0 Å². The topological polar surface area (TPSA) is 107 Å². The first-order chi connectivity index (χ1) is 10.4. The second-order valence-electron chi connectivity index (χ2n) is 4.39. The molecule has 7 nitrogen and oxygen atoms in total. The Balaban J connectivity index is 2.73. The number of hydrogen-bond acceptors (Lipinski definition) is 5. The number of aromatic carboxylic acids is 1. The number of nitro groups is 1. The monoisotopic (exact) mass is 301 g/mol. The molecule has 0 bridgehead atoms.